The van der Waals surface area contributed by atoms with Gasteiger partial charge in [-0.25, -0.2) is 0 Å². The molecule has 1 heterocycles. The SMILES string of the molecule is CC.CCc1cc(/C=C/C/C=C(\C=C(/[OH2+])c2ccc(C)c(C)c2)c2ccc(C)c(C)c2)cc2c1N(C)CCC2. The first kappa shape index (κ1) is 30.0. The van der Waals surface area contributed by atoms with Crippen molar-refractivity contribution in [2.24, 2.45) is 0 Å². The summed E-state index contributed by atoms with van der Waals surface area (Å²) in [4.78, 5) is 2.42. The second kappa shape index (κ2) is 14.0. The highest BCUT2D eigenvalue weighted by Gasteiger charge is 2.17. The number of hydrogen-bond acceptors (Lipinski definition) is 1. The maximum atomic E-state index is 8.82. The number of anilines is 1. The van der Waals surface area contributed by atoms with Gasteiger partial charge >= 0.3 is 0 Å². The van der Waals surface area contributed by atoms with E-state index in [4.69, 9.17) is 5.11 Å². The fourth-order valence-corrected chi connectivity index (χ4v) is 5.18. The molecule has 2 heteroatoms. The molecule has 0 fully saturated rings. The molecule has 1 aliphatic heterocycles. The van der Waals surface area contributed by atoms with Crippen molar-refractivity contribution in [2.75, 3.05) is 18.5 Å². The third kappa shape index (κ3) is 7.53. The lowest BCUT2D eigenvalue weighted by atomic mass is 9.94. The lowest BCUT2D eigenvalue weighted by molar-refractivity contribution is 0.512. The number of aryl methyl sites for hydroxylation is 6. The molecule has 3 aromatic rings. The van der Waals surface area contributed by atoms with Crippen LogP contribution in [0.3, 0.4) is 0 Å². The number of rotatable bonds is 7. The van der Waals surface area contributed by atoms with E-state index in [2.05, 4.69) is 113 Å². The third-order valence-electron chi connectivity index (χ3n) is 7.73. The van der Waals surface area contributed by atoms with Crippen molar-refractivity contribution in [1.29, 1.82) is 0 Å². The minimum absolute atomic E-state index is 0.544. The van der Waals surface area contributed by atoms with E-state index in [9.17, 15) is 0 Å². The molecule has 0 saturated carbocycles. The molecule has 0 spiro atoms. The monoisotopic (exact) mass is 522 g/mol. The average molecular weight is 523 g/mol. The second-order valence-corrected chi connectivity index (χ2v) is 10.5. The number of fused-ring (bicyclic) bond motifs is 1. The molecule has 0 unspecified atom stereocenters. The van der Waals surface area contributed by atoms with Crippen LogP contribution in [-0.4, -0.2) is 18.7 Å². The Morgan fingerprint density at radius 1 is 0.872 bits per heavy atom. The molecule has 0 saturated heterocycles. The zero-order valence-corrected chi connectivity index (χ0v) is 25.4. The average Bonchev–Trinajstić information content (AvgIpc) is 2.94. The second-order valence-electron chi connectivity index (χ2n) is 10.5. The van der Waals surface area contributed by atoms with Crippen LogP contribution in [0.15, 0.2) is 66.8 Å². The van der Waals surface area contributed by atoms with E-state index in [1.54, 1.807) is 0 Å². The summed E-state index contributed by atoms with van der Waals surface area (Å²) in [5.41, 5.74) is 13.9. The Morgan fingerprint density at radius 2 is 1.51 bits per heavy atom. The highest BCUT2D eigenvalue weighted by Crippen LogP contribution is 2.32. The molecule has 0 atom stereocenters. The van der Waals surface area contributed by atoms with Gasteiger partial charge in [0.2, 0.25) is 0 Å². The van der Waals surface area contributed by atoms with E-state index in [1.165, 1.54) is 57.5 Å². The van der Waals surface area contributed by atoms with E-state index >= 15 is 0 Å². The van der Waals surface area contributed by atoms with Crippen molar-refractivity contribution < 1.29 is 5.11 Å². The molecule has 0 aromatic heterocycles. The van der Waals surface area contributed by atoms with Gasteiger partial charge in [0.05, 0.1) is 5.56 Å². The van der Waals surface area contributed by atoms with Gasteiger partial charge in [0, 0.05) is 25.4 Å². The first-order valence-corrected chi connectivity index (χ1v) is 14.6. The molecule has 2 nitrogen and oxygen atoms in total. The van der Waals surface area contributed by atoms with Gasteiger partial charge in [-0.2, -0.15) is 0 Å². The summed E-state index contributed by atoms with van der Waals surface area (Å²) in [5.74, 6) is 0.544. The van der Waals surface area contributed by atoms with E-state index in [1.807, 2.05) is 19.9 Å². The minimum Gasteiger partial charge on any atom is -0.593 e. The molecule has 0 bridgehead atoms. The van der Waals surface area contributed by atoms with Crippen LogP contribution in [0.4, 0.5) is 5.69 Å². The number of nitrogens with zero attached hydrogens (tertiary/aromatic N) is 1. The number of benzene rings is 3. The molecule has 39 heavy (non-hydrogen) atoms. The van der Waals surface area contributed by atoms with Gasteiger partial charge < -0.3 is 10.0 Å². The maximum absolute atomic E-state index is 8.82. The predicted octanol–water partition coefficient (Wildman–Crippen LogP) is 9.14. The Kier molecular flexibility index (Phi) is 10.8. The van der Waals surface area contributed by atoms with Crippen LogP contribution >= 0.6 is 0 Å². The topological polar surface area (TPSA) is 26.1 Å². The first-order valence-electron chi connectivity index (χ1n) is 14.6. The summed E-state index contributed by atoms with van der Waals surface area (Å²) in [6, 6.07) is 17.6. The van der Waals surface area contributed by atoms with Crippen molar-refractivity contribution in [3.05, 3.63) is 117 Å². The number of allylic oxidation sites excluding steroid dienone is 4. The molecule has 2 N–H and O–H groups in total. The lowest BCUT2D eigenvalue weighted by Crippen LogP contribution is -2.26. The molecule has 0 aliphatic carbocycles. The van der Waals surface area contributed by atoms with Gasteiger partial charge in [-0.1, -0.05) is 63.3 Å². The summed E-state index contributed by atoms with van der Waals surface area (Å²) in [6.45, 7) is 15.9. The lowest BCUT2D eigenvalue weighted by Gasteiger charge is -2.30. The highest BCUT2D eigenvalue weighted by molar-refractivity contribution is 5.82. The summed E-state index contributed by atoms with van der Waals surface area (Å²) in [7, 11) is 2.22. The molecule has 4 rings (SSSR count). The summed E-state index contributed by atoms with van der Waals surface area (Å²) in [6.07, 6.45) is 13.1. The van der Waals surface area contributed by atoms with Crippen molar-refractivity contribution in [3.63, 3.8) is 0 Å². The van der Waals surface area contributed by atoms with Gasteiger partial charge in [0.25, 0.3) is 5.76 Å². The van der Waals surface area contributed by atoms with Crippen LogP contribution in [0.2, 0.25) is 0 Å². The predicted molar refractivity (Wildman–Crippen MR) is 174 cm³/mol. The van der Waals surface area contributed by atoms with Gasteiger partial charge in [-0.05, 0) is 128 Å². The molecule has 3 aromatic carbocycles. The van der Waals surface area contributed by atoms with Gasteiger partial charge in [0.15, 0.2) is 0 Å². The van der Waals surface area contributed by atoms with Gasteiger partial charge in [-0.3, -0.25) is 0 Å². The fraction of sp³-hybridized carbons (Fsp3) is 0.351. The van der Waals surface area contributed by atoms with Crippen LogP contribution in [0.25, 0.3) is 17.4 Å². The van der Waals surface area contributed by atoms with E-state index in [0.717, 1.165) is 36.1 Å². The number of hydrogen-bond donors (Lipinski definition) is 0. The zero-order valence-electron chi connectivity index (χ0n) is 25.4. The molecule has 1 aliphatic rings. The van der Waals surface area contributed by atoms with Crippen molar-refractivity contribution in [3.8, 4) is 0 Å². The largest absolute Gasteiger partial charge is 0.593 e. The van der Waals surface area contributed by atoms with Crippen LogP contribution < -0.4 is 4.90 Å². The minimum atomic E-state index is 0.544. The Hall–Kier alpha value is -3.52. The van der Waals surface area contributed by atoms with E-state index < -0.39 is 0 Å². The van der Waals surface area contributed by atoms with Gasteiger partial charge in [0.1, 0.15) is 0 Å². The standard InChI is InChI=1S/C35H41NO.C2H6/c1-7-29-21-28(22-33-13-10-18-36(6)35(29)33)11-8-9-12-30(31-16-14-24(2)26(4)19-31)23-34(37)32-17-15-25(3)27(5)20-32;1-2/h8,11-12,14-17,19-23,37H,7,9-10,13,18H2,1-6H3;1-2H3/p+1/b11-8+,30-12+,34-23-;. The third-order valence-corrected chi connectivity index (χ3v) is 7.73. The van der Waals surface area contributed by atoms with Crippen LogP contribution in [0.1, 0.15) is 83.7 Å². The zero-order chi connectivity index (χ0) is 28.5. The Labute approximate surface area is 237 Å². The summed E-state index contributed by atoms with van der Waals surface area (Å²) in [5, 5.41) is 8.82. The van der Waals surface area contributed by atoms with Crippen molar-refractivity contribution in [2.45, 2.75) is 74.1 Å². The van der Waals surface area contributed by atoms with E-state index in [-0.39, 0.29) is 0 Å². The van der Waals surface area contributed by atoms with Crippen LogP contribution in [0.5, 0.6) is 0 Å². The summed E-state index contributed by atoms with van der Waals surface area (Å²) >= 11 is 0. The smallest absolute Gasteiger partial charge is 0.261 e. The van der Waals surface area contributed by atoms with Crippen LogP contribution in [0, 0.1) is 27.7 Å². The quantitative estimate of drug-likeness (QED) is 0.173. The van der Waals surface area contributed by atoms with E-state index in [0.29, 0.717) is 5.76 Å². The highest BCUT2D eigenvalue weighted by atomic mass is 16.3. The summed E-state index contributed by atoms with van der Waals surface area (Å²) < 4.78 is 0. The molecule has 206 valence electrons. The van der Waals surface area contributed by atoms with Crippen molar-refractivity contribution in [1.82, 2.24) is 0 Å². The van der Waals surface area contributed by atoms with Crippen LogP contribution in [-0.2, 0) is 12.8 Å². The Bertz CT molecular complexity index is 1360. The normalized spacial score (nSPS) is 13.8. The van der Waals surface area contributed by atoms with Gasteiger partial charge in [-0.15, -0.1) is 0 Å². The Morgan fingerprint density at radius 3 is 2.15 bits per heavy atom. The first-order chi connectivity index (χ1) is 18.8. The Balaban J connectivity index is 0.00000205. The molecule has 0 radical (unpaired) electrons. The molecular weight excluding hydrogens is 474 g/mol. The van der Waals surface area contributed by atoms with Crippen molar-refractivity contribution >= 4 is 23.1 Å². The molecular formula is C37H48NO+. The maximum Gasteiger partial charge on any atom is 0.261 e. The fourth-order valence-electron chi connectivity index (χ4n) is 5.18. The molecule has 0 amide bonds.